The number of anilines is 1. The Bertz CT molecular complexity index is 474. The van der Waals surface area contributed by atoms with E-state index in [1.54, 1.807) is 7.11 Å². The van der Waals surface area contributed by atoms with E-state index in [1.807, 2.05) is 0 Å². The molecule has 0 spiro atoms. The van der Waals surface area contributed by atoms with Gasteiger partial charge >= 0.3 is 0 Å². The third-order valence-corrected chi connectivity index (χ3v) is 5.34. The molecule has 2 atom stereocenters. The van der Waals surface area contributed by atoms with Crippen molar-refractivity contribution in [2.45, 2.75) is 51.6 Å². The van der Waals surface area contributed by atoms with Crippen LogP contribution in [0.1, 0.15) is 61.3 Å². The molecule has 2 heterocycles. The Labute approximate surface area is 125 Å². The smallest absolute Gasteiger partial charge is 0.186 e. The normalized spacial score (nSPS) is 24.7. The molecule has 1 aliphatic heterocycles. The van der Waals surface area contributed by atoms with Gasteiger partial charge in [0.2, 0.25) is 0 Å². The summed E-state index contributed by atoms with van der Waals surface area (Å²) in [5.74, 6) is 0.332. The van der Waals surface area contributed by atoms with Crippen LogP contribution >= 0.6 is 11.3 Å². The van der Waals surface area contributed by atoms with Gasteiger partial charge in [0, 0.05) is 20.2 Å². The van der Waals surface area contributed by atoms with Crippen molar-refractivity contribution in [3.8, 4) is 0 Å². The van der Waals surface area contributed by atoms with Crippen molar-refractivity contribution >= 4 is 22.8 Å². The van der Waals surface area contributed by atoms with Crippen molar-refractivity contribution < 1.29 is 9.53 Å². The summed E-state index contributed by atoms with van der Waals surface area (Å²) in [4.78, 5) is 19.0. The van der Waals surface area contributed by atoms with E-state index in [-0.39, 0.29) is 5.60 Å². The number of carbonyl (C=O) groups excluding carboxylic acids is 1. The molecule has 1 aromatic heterocycles. The highest BCUT2D eigenvalue weighted by Gasteiger charge is 2.32. The number of aromatic nitrogens is 1. The fourth-order valence-electron chi connectivity index (χ4n) is 2.63. The maximum absolute atomic E-state index is 11.3. The number of carbonyl (C=O) groups is 1. The summed E-state index contributed by atoms with van der Waals surface area (Å²) in [7, 11) is 1.77. The fourth-order valence-corrected chi connectivity index (χ4v) is 3.66. The molecule has 0 aromatic carbocycles. The molecular formula is C15H24N2O2S. The van der Waals surface area contributed by atoms with E-state index in [0.717, 1.165) is 54.3 Å². The molecule has 0 saturated carbocycles. The molecule has 0 radical (unpaired) electrons. The molecule has 1 aromatic rings. The molecule has 2 rings (SSSR count). The Morgan fingerprint density at radius 2 is 2.35 bits per heavy atom. The lowest BCUT2D eigenvalue weighted by atomic mass is 9.95. The summed E-state index contributed by atoms with van der Waals surface area (Å²) in [6.45, 7) is 8.23. The van der Waals surface area contributed by atoms with Crippen molar-refractivity contribution in [3.63, 3.8) is 0 Å². The number of hydrogen-bond acceptors (Lipinski definition) is 5. The average Bonchev–Trinajstić information content (AvgIpc) is 2.91. The van der Waals surface area contributed by atoms with Gasteiger partial charge in [0.15, 0.2) is 11.4 Å². The molecule has 2 unspecified atom stereocenters. The standard InChI is InChI=1S/C15H24N2O2S/c1-5-11(2)13-12(9-18)20-14(16-13)17-8-6-7-15(3,10-17)19-4/h9,11H,5-8,10H2,1-4H3. The highest BCUT2D eigenvalue weighted by Crippen LogP contribution is 2.34. The second kappa shape index (κ2) is 6.22. The van der Waals surface area contributed by atoms with Crippen LogP contribution in [0.15, 0.2) is 0 Å². The molecule has 20 heavy (non-hydrogen) atoms. The minimum absolute atomic E-state index is 0.109. The summed E-state index contributed by atoms with van der Waals surface area (Å²) < 4.78 is 5.63. The number of nitrogens with zero attached hydrogens (tertiary/aromatic N) is 2. The topological polar surface area (TPSA) is 42.4 Å². The maximum Gasteiger partial charge on any atom is 0.186 e. The van der Waals surface area contributed by atoms with Gasteiger partial charge in [-0.15, -0.1) is 0 Å². The number of rotatable bonds is 5. The minimum Gasteiger partial charge on any atom is -0.377 e. The summed E-state index contributed by atoms with van der Waals surface area (Å²) >= 11 is 1.51. The Kier molecular flexibility index (Phi) is 4.81. The number of hydrogen-bond donors (Lipinski definition) is 0. The van der Waals surface area contributed by atoms with Gasteiger partial charge in [0.05, 0.1) is 16.2 Å². The lowest BCUT2D eigenvalue weighted by Crippen LogP contribution is -2.47. The summed E-state index contributed by atoms with van der Waals surface area (Å²) in [6.07, 6.45) is 4.12. The molecule has 0 amide bonds. The van der Waals surface area contributed by atoms with Crippen LogP contribution in [-0.4, -0.2) is 37.1 Å². The summed E-state index contributed by atoms with van der Waals surface area (Å²) in [6, 6.07) is 0. The number of methoxy groups -OCH3 is 1. The van der Waals surface area contributed by atoms with Crippen molar-refractivity contribution in [1.82, 2.24) is 4.98 Å². The van der Waals surface area contributed by atoms with E-state index in [1.165, 1.54) is 11.3 Å². The van der Waals surface area contributed by atoms with E-state index in [9.17, 15) is 4.79 Å². The predicted molar refractivity (Wildman–Crippen MR) is 83.1 cm³/mol. The first-order valence-electron chi connectivity index (χ1n) is 7.29. The van der Waals surface area contributed by atoms with Gasteiger partial charge in [-0.3, -0.25) is 4.79 Å². The molecule has 4 nitrogen and oxygen atoms in total. The molecule has 0 aliphatic carbocycles. The van der Waals surface area contributed by atoms with Gasteiger partial charge in [0.1, 0.15) is 0 Å². The van der Waals surface area contributed by atoms with Crippen molar-refractivity contribution in [2.75, 3.05) is 25.1 Å². The Hall–Kier alpha value is -0.940. The van der Waals surface area contributed by atoms with E-state index < -0.39 is 0 Å². The van der Waals surface area contributed by atoms with Crippen molar-refractivity contribution in [2.24, 2.45) is 0 Å². The van der Waals surface area contributed by atoms with Crippen LogP contribution in [0.5, 0.6) is 0 Å². The van der Waals surface area contributed by atoms with Gasteiger partial charge in [-0.25, -0.2) is 4.98 Å². The van der Waals surface area contributed by atoms with E-state index >= 15 is 0 Å². The molecular weight excluding hydrogens is 272 g/mol. The zero-order valence-corrected chi connectivity index (χ0v) is 13.6. The van der Waals surface area contributed by atoms with Crippen LogP contribution in [-0.2, 0) is 4.74 Å². The fraction of sp³-hybridized carbons (Fsp3) is 0.733. The molecule has 0 bridgehead atoms. The summed E-state index contributed by atoms with van der Waals surface area (Å²) in [5.41, 5.74) is 0.842. The average molecular weight is 296 g/mol. The first-order chi connectivity index (χ1) is 9.53. The largest absolute Gasteiger partial charge is 0.377 e. The molecule has 1 fully saturated rings. The third kappa shape index (κ3) is 3.04. The zero-order chi connectivity index (χ0) is 14.8. The van der Waals surface area contributed by atoms with Crippen molar-refractivity contribution in [3.05, 3.63) is 10.6 Å². The van der Waals surface area contributed by atoms with Crippen LogP contribution in [0.4, 0.5) is 5.13 Å². The maximum atomic E-state index is 11.3. The van der Waals surface area contributed by atoms with Gasteiger partial charge < -0.3 is 9.64 Å². The van der Waals surface area contributed by atoms with Gasteiger partial charge in [-0.2, -0.15) is 0 Å². The van der Waals surface area contributed by atoms with Crippen LogP contribution in [0, 0.1) is 0 Å². The van der Waals surface area contributed by atoms with Crippen LogP contribution in [0.25, 0.3) is 0 Å². The number of piperidine rings is 1. The first kappa shape index (κ1) is 15.4. The second-order valence-electron chi connectivity index (χ2n) is 5.85. The van der Waals surface area contributed by atoms with Crippen LogP contribution < -0.4 is 4.90 Å². The lowest BCUT2D eigenvalue weighted by Gasteiger charge is -2.39. The van der Waals surface area contributed by atoms with E-state index in [0.29, 0.717) is 5.92 Å². The molecule has 5 heteroatoms. The van der Waals surface area contributed by atoms with E-state index in [2.05, 4.69) is 25.7 Å². The third-order valence-electron chi connectivity index (χ3n) is 4.28. The Morgan fingerprint density at radius 3 is 2.95 bits per heavy atom. The monoisotopic (exact) mass is 296 g/mol. The van der Waals surface area contributed by atoms with E-state index in [4.69, 9.17) is 9.72 Å². The second-order valence-corrected chi connectivity index (χ2v) is 6.86. The van der Waals surface area contributed by atoms with Gasteiger partial charge in [0.25, 0.3) is 0 Å². The van der Waals surface area contributed by atoms with Crippen LogP contribution in [0.2, 0.25) is 0 Å². The molecule has 1 aliphatic rings. The molecule has 112 valence electrons. The molecule has 0 N–H and O–H groups in total. The lowest BCUT2D eigenvalue weighted by molar-refractivity contribution is -0.00466. The zero-order valence-electron chi connectivity index (χ0n) is 12.8. The molecule has 1 saturated heterocycles. The SMILES string of the molecule is CCC(C)c1nc(N2CCCC(C)(OC)C2)sc1C=O. The Balaban J connectivity index is 2.24. The van der Waals surface area contributed by atoms with Gasteiger partial charge in [-0.1, -0.05) is 25.2 Å². The quantitative estimate of drug-likeness (QED) is 0.780. The number of aldehydes is 1. The van der Waals surface area contributed by atoms with Crippen LogP contribution in [0.3, 0.4) is 0 Å². The highest BCUT2D eigenvalue weighted by atomic mass is 32.1. The predicted octanol–water partition coefficient (Wildman–Crippen LogP) is 3.47. The highest BCUT2D eigenvalue weighted by molar-refractivity contribution is 7.17. The number of ether oxygens (including phenoxy) is 1. The van der Waals surface area contributed by atoms with Gasteiger partial charge in [-0.05, 0) is 32.1 Å². The summed E-state index contributed by atoms with van der Waals surface area (Å²) in [5, 5.41) is 0.963. The first-order valence-corrected chi connectivity index (χ1v) is 8.10. The van der Waals surface area contributed by atoms with Crippen molar-refractivity contribution in [1.29, 1.82) is 0 Å². The number of thiazole rings is 1. The minimum atomic E-state index is -0.109. The Morgan fingerprint density at radius 1 is 1.60 bits per heavy atom.